The van der Waals surface area contributed by atoms with Gasteiger partial charge in [-0.3, -0.25) is 9.69 Å². The van der Waals surface area contributed by atoms with Crippen molar-refractivity contribution in [2.75, 3.05) is 0 Å². The predicted molar refractivity (Wildman–Crippen MR) is 92.4 cm³/mol. The van der Waals surface area contributed by atoms with Crippen molar-refractivity contribution in [3.63, 3.8) is 0 Å². The summed E-state index contributed by atoms with van der Waals surface area (Å²) >= 11 is 0. The summed E-state index contributed by atoms with van der Waals surface area (Å²) in [5.41, 5.74) is 6.81. The van der Waals surface area contributed by atoms with Crippen LogP contribution in [0.4, 0.5) is 0 Å². The highest BCUT2D eigenvalue weighted by Gasteiger charge is 2.44. The molecule has 1 saturated carbocycles. The van der Waals surface area contributed by atoms with E-state index in [9.17, 15) is 4.79 Å². The summed E-state index contributed by atoms with van der Waals surface area (Å²) in [7, 11) is 0. The van der Waals surface area contributed by atoms with Gasteiger partial charge in [0.25, 0.3) is 0 Å². The second-order valence-corrected chi connectivity index (χ2v) is 7.20. The van der Waals surface area contributed by atoms with Gasteiger partial charge in [-0.25, -0.2) is 0 Å². The molecule has 1 aliphatic carbocycles. The molecule has 0 spiro atoms. The van der Waals surface area contributed by atoms with E-state index in [1.54, 1.807) is 0 Å². The van der Waals surface area contributed by atoms with Gasteiger partial charge < -0.3 is 10.3 Å². The van der Waals surface area contributed by atoms with Crippen molar-refractivity contribution in [1.29, 1.82) is 0 Å². The summed E-state index contributed by atoms with van der Waals surface area (Å²) in [6.07, 6.45) is 6.29. The highest BCUT2D eigenvalue weighted by Crippen LogP contribution is 2.40. The fraction of sp³-hybridized carbons (Fsp3) is 0.526. The van der Waals surface area contributed by atoms with Crippen molar-refractivity contribution in [3.8, 4) is 0 Å². The number of primary amides is 1. The number of aromatic nitrogens is 2. The van der Waals surface area contributed by atoms with Gasteiger partial charge in [0, 0.05) is 12.5 Å². The molecule has 25 heavy (non-hydrogen) atoms. The van der Waals surface area contributed by atoms with Gasteiger partial charge in [0.05, 0.1) is 12.6 Å². The third-order valence-electron chi connectivity index (χ3n) is 5.58. The van der Waals surface area contributed by atoms with Crippen LogP contribution in [0.3, 0.4) is 0 Å². The van der Waals surface area contributed by atoms with Gasteiger partial charge in [0.15, 0.2) is 5.82 Å². The van der Waals surface area contributed by atoms with Gasteiger partial charge in [-0.05, 0) is 30.7 Å². The number of hydrogen-bond acceptors (Lipinski definition) is 5. The van der Waals surface area contributed by atoms with Crippen LogP contribution in [0, 0.1) is 5.92 Å². The fourth-order valence-electron chi connectivity index (χ4n) is 4.42. The Balaban J connectivity index is 1.48. The zero-order valence-corrected chi connectivity index (χ0v) is 14.3. The summed E-state index contributed by atoms with van der Waals surface area (Å²) in [5.74, 6) is 1.58. The van der Waals surface area contributed by atoms with Crippen LogP contribution in [0.1, 0.15) is 49.4 Å². The summed E-state index contributed by atoms with van der Waals surface area (Å²) in [6.45, 7) is 0.510. The van der Waals surface area contributed by atoms with E-state index in [2.05, 4.69) is 15.0 Å². The Bertz CT molecular complexity index is 730. The number of nitrogens with zero attached hydrogens (tertiary/aromatic N) is 3. The molecule has 1 aromatic heterocycles. The fourth-order valence-corrected chi connectivity index (χ4v) is 4.42. The lowest BCUT2D eigenvalue weighted by Gasteiger charge is -2.32. The molecular weight excluding hydrogens is 316 g/mol. The van der Waals surface area contributed by atoms with E-state index in [0.29, 0.717) is 36.6 Å². The average Bonchev–Trinajstić information content (AvgIpc) is 3.21. The number of benzene rings is 1. The minimum atomic E-state index is -0.238. The van der Waals surface area contributed by atoms with E-state index in [1.165, 1.54) is 19.3 Å². The first-order chi connectivity index (χ1) is 12.2. The van der Waals surface area contributed by atoms with E-state index < -0.39 is 0 Å². The van der Waals surface area contributed by atoms with Crippen LogP contribution >= 0.6 is 0 Å². The topological polar surface area (TPSA) is 85.3 Å². The summed E-state index contributed by atoms with van der Waals surface area (Å²) in [4.78, 5) is 18.6. The summed E-state index contributed by atoms with van der Waals surface area (Å²) in [5, 5.41) is 4.10. The molecule has 6 heteroatoms. The van der Waals surface area contributed by atoms with Crippen LogP contribution in [-0.2, 0) is 17.8 Å². The molecule has 3 atom stereocenters. The minimum Gasteiger partial charge on any atom is -0.368 e. The Morgan fingerprint density at radius 1 is 1.24 bits per heavy atom. The lowest BCUT2D eigenvalue weighted by molar-refractivity contribution is -0.123. The van der Waals surface area contributed by atoms with Gasteiger partial charge >= 0.3 is 0 Å². The molecule has 2 aliphatic rings. The second-order valence-electron chi connectivity index (χ2n) is 7.20. The van der Waals surface area contributed by atoms with Gasteiger partial charge in [-0.1, -0.05) is 48.3 Å². The maximum absolute atomic E-state index is 11.9. The van der Waals surface area contributed by atoms with E-state index in [4.69, 9.17) is 10.3 Å². The van der Waals surface area contributed by atoms with Gasteiger partial charge in [0.1, 0.15) is 0 Å². The lowest BCUT2D eigenvalue weighted by atomic mass is 9.85. The van der Waals surface area contributed by atoms with Crippen molar-refractivity contribution in [2.24, 2.45) is 11.7 Å². The molecule has 1 amide bonds. The first-order valence-electron chi connectivity index (χ1n) is 9.11. The molecular formula is C19H24N4O2. The van der Waals surface area contributed by atoms with Crippen LogP contribution < -0.4 is 5.73 Å². The highest BCUT2D eigenvalue weighted by molar-refractivity contribution is 5.80. The molecule has 132 valence electrons. The van der Waals surface area contributed by atoms with E-state index >= 15 is 0 Å². The smallest absolute Gasteiger partial charge is 0.240 e. The first-order valence-corrected chi connectivity index (χ1v) is 9.11. The maximum atomic E-state index is 11.9. The molecule has 1 aliphatic heterocycles. The van der Waals surface area contributed by atoms with Crippen molar-refractivity contribution in [2.45, 2.75) is 57.2 Å². The van der Waals surface area contributed by atoms with Crippen molar-refractivity contribution < 1.29 is 9.32 Å². The Hall–Kier alpha value is -2.21. The number of rotatable bonds is 5. The number of amides is 1. The van der Waals surface area contributed by atoms with E-state index in [0.717, 1.165) is 18.4 Å². The number of nitrogens with two attached hydrogens (primary N) is 1. The monoisotopic (exact) mass is 340 g/mol. The molecule has 1 saturated heterocycles. The predicted octanol–water partition coefficient (Wildman–Crippen LogP) is 2.28. The average molecular weight is 340 g/mol. The molecule has 6 nitrogen and oxygen atoms in total. The normalized spacial score (nSPS) is 26.5. The maximum Gasteiger partial charge on any atom is 0.240 e. The van der Waals surface area contributed by atoms with Crippen molar-refractivity contribution in [3.05, 3.63) is 47.6 Å². The molecule has 2 N–H and O–H groups in total. The molecule has 4 rings (SSSR count). The number of fused-ring (bicyclic) bond motifs is 1. The van der Waals surface area contributed by atoms with Gasteiger partial charge in [-0.15, -0.1) is 0 Å². The SMILES string of the molecule is NC(=O)[C@@H]1C[C@@H]2CCCC[C@@H]2N1Cc1nc(Cc2ccccc2)no1. The standard InChI is InChI=1S/C19H24N4O2/c20-19(24)16-11-14-8-4-5-9-15(14)23(16)12-18-21-17(22-25-18)10-13-6-2-1-3-7-13/h1-3,6-7,14-16H,4-5,8-12H2,(H2,20,24)/t14-,15-,16-/m0/s1. The molecule has 0 bridgehead atoms. The zero-order chi connectivity index (χ0) is 17.2. The molecule has 0 unspecified atom stereocenters. The van der Waals surface area contributed by atoms with Crippen molar-refractivity contribution in [1.82, 2.24) is 15.0 Å². The number of carbonyl (C=O) groups excluding carboxylic acids is 1. The molecule has 2 heterocycles. The van der Waals surface area contributed by atoms with Gasteiger partial charge in [-0.2, -0.15) is 4.98 Å². The summed E-state index contributed by atoms with van der Waals surface area (Å²) in [6, 6.07) is 10.3. The third kappa shape index (κ3) is 3.44. The van der Waals surface area contributed by atoms with Crippen LogP contribution in [0.5, 0.6) is 0 Å². The van der Waals surface area contributed by atoms with E-state index in [1.807, 2.05) is 30.3 Å². The molecule has 2 aromatic rings. The molecule has 2 fully saturated rings. The van der Waals surface area contributed by atoms with Crippen LogP contribution in [0.2, 0.25) is 0 Å². The second kappa shape index (κ2) is 6.96. The van der Waals surface area contributed by atoms with Crippen molar-refractivity contribution >= 4 is 5.91 Å². The quantitative estimate of drug-likeness (QED) is 0.902. The number of hydrogen-bond donors (Lipinski definition) is 1. The van der Waals surface area contributed by atoms with Gasteiger partial charge in [0.2, 0.25) is 11.8 Å². The Kier molecular flexibility index (Phi) is 4.53. The Morgan fingerprint density at radius 3 is 2.84 bits per heavy atom. The number of carbonyl (C=O) groups is 1. The van der Waals surface area contributed by atoms with Crippen LogP contribution in [0.15, 0.2) is 34.9 Å². The van der Waals surface area contributed by atoms with Crippen LogP contribution in [0.25, 0.3) is 0 Å². The Labute approximate surface area is 147 Å². The largest absolute Gasteiger partial charge is 0.368 e. The molecule has 1 aromatic carbocycles. The summed E-state index contributed by atoms with van der Waals surface area (Å²) < 4.78 is 5.45. The van der Waals surface area contributed by atoms with E-state index in [-0.39, 0.29) is 11.9 Å². The highest BCUT2D eigenvalue weighted by atomic mass is 16.5. The zero-order valence-electron chi connectivity index (χ0n) is 14.3. The molecule has 0 radical (unpaired) electrons. The minimum absolute atomic E-state index is 0.211. The first kappa shape index (κ1) is 16.3. The number of likely N-dealkylation sites (tertiary alicyclic amines) is 1. The lowest BCUT2D eigenvalue weighted by Crippen LogP contribution is -2.44. The Morgan fingerprint density at radius 2 is 2.04 bits per heavy atom. The third-order valence-corrected chi connectivity index (χ3v) is 5.58. The van der Waals surface area contributed by atoms with Crippen LogP contribution in [-0.4, -0.2) is 33.0 Å².